The van der Waals surface area contributed by atoms with Gasteiger partial charge in [0.2, 0.25) is 5.82 Å². The summed E-state index contributed by atoms with van der Waals surface area (Å²) in [6.07, 6.45) is 4.98. The maximum atomic E-state index is 15.3. The number of anilines is 1. The fourth-order valence-corrected chi connectivity index (χ4v) is 8.96. The van der Waals surface area contributed by atoms with Crippen molar-refractivity contribution in [1.29, 1.82) is 0 Å². The minimum Gasteiger partial charge on any atom is -0.481 e. The Morgan fingerprint density at radius 3 is 2.06 bits per heavy atom. The number of nitrogens with zero attached hydrogens (tertiary/aromatic N) is 6. The molecule has 3 saturated carbocycles. The summed E-state index contributed by atoms with van der Waals surface area (Å²) in [6, 6.07) is 35.3. The van der Waals surface area contributed by atoms with Gasteiger partial charge in [0.05, 0.1) is 29.8 Å². The highest BCUT2D eigenvalue weighted by molar-refractivity contribution is 5.90. The first-order valence-electron chi connectivity index (χ1n) is 18.1. The number of fused-ring (bicyclic) bond motifs is 5. The van der Waals surface area contributed by atoms with E-state index in [1.165, 1.54) is 12.3 Å². The number of rotatable bonds is 10. The van der Waals surface area contributed by atoms with Gasteiger partial charge in [-0.25, -0.2) is 23.6 Å². The molecule has 53 heavy (non-hydrogen) atoms. The molecule has 0 spiro atoms. The number of carboxylic acid groups (broad SMARTS) is 1. The van der Waals surface area contributed by atoms with Crippen molar-refractivity contribution in [3.05, 3.63) is 144 Å². The number of carbonyl (C=O) groups is 1. The first kappa shape index (κ1) is 32.9. The van der Waals surface area contributed by atoms with E-state index >= 15 is 4.39 Å². The second-order valence-electron chi connectivity index (χ2n) is 14.1. The maximum Gasteiger partial charge on any atom is 0.308 e. The molecule has 4 aromatic heterocycles. The normalized spacial score (nSPS) is 19.9. The molecule has 3 aromatic carbocycles. The van der Waals surface area contributed by atoms with Crippen LogP contribution in [0.5, 0.6) is 0 Å². The Balaban J connectivity index is 1.31. The lowest BCUT2D eigenvalue weighted by Crippen LogP contribution is -2.51. The Bertz CT molecular complexity index is 2330. The minimum atomic E-state index is -1.04. The highest BCUT2D eigenvalue weighted by Crippen LogP contribution is 2.47. The number of aliphatic carboxylic acids is 1. The second-order valence-corrected chi connectivity index (χ2v) is 14.1. The summed E-state index contributed by atoms with van der Waals surface area (Å²) in [5.74, 6) is -0.798. The first-order valence-corrected chi connectivity index (χ1v) is 18.1. The average Bonchev–Trinajstić information content (AvgIpc) is 3.78. The molecule has 0 saturated heterocycles. The molecule has 11 heteroatoms. The molecule has 7 aromatic rings. The lowest BCUT2D eigenvalue weighted by atomic mass is 9.61. The van der Waals surface area contributed by atoms with Crippen molar-refractivity contribution in [3.8, 4) is 11.5 Å². The second kappa shape index (κ2) is 13.2. The Labute approximate surface area is 305 Å². The number of pyridine rings is 1. The van der Waals surface area contributed by atoms with Crippen LogP contribution in [0.2, 0.25) is 0 Å². The zero-order valence-electron chi connectivity index (χ0n) is 29.1. The Morgan fingerprint density at radius 1 is 0.868 bits per heavy atom. The third kappa shape index (κ3) is 5.37. The topological polar surface area (TPSA) is 119 Å². The SMILES string of the molecule is COCc1ccc2c(N[C@H]3C4CCC(CC4)[C@@H]3C(=O)O)nc(-c3nn(C(c4ccccc4)(c4ccccc4)c4ccccc4)c4ncc(F)cc34)nn12. The van der Waals surface area contributed by atoms with E-state index in [9.17, 15) is 9.90 Å². The number of hydrogen-bond donors (Lipinski definition) is 2. The minimum absolute atomic E-state index is 0.110. The molecule has 3 fully saturated rings. The molecular weight excluding hydrogens is 670 g/mol. The number of methoxy groups -OCH3 is 1. The van der Waals surface area contributed by atoms with Crippen molar-refractivity contribution in [2.45, 2.75) is 43.9 Å². The summed E-state index contributed by atoms with van der Waals surface area (Å²) in [4.78, 5) is 22.5. The molecule has 2 bridgehead atoms. The number of hydrogen-bond acceptors (Lipinski definition) is 7. The van der Waals surface area contributed by atoms with Gasteiger partial charge in [-0.2, -0.15) is 5.10 Å². The first-order chi connectivity index (χ1) is 26.0. The highest BCUT2D eigenvalue weighted by Gasteiger charge is 2.48. The van der Waals surface area contributed by atoms with Gasteiger partial charge in [0.15, 0.2) is 11.5 Å². The average molecular weight is 708 g/mol. The molecule has 0 aliphatic heterocycles. The van der Waals surface area contributed by atoms with Crippen LogP contribution in [0.25, 0.3) is 28.1 Å². The van der Waals surface area contributed by atoms with Crippen LogP contribution in [-0.4, -0.2) is 53.6 Å². The van der Waals surface area contributed by atoms with E-state index in [1.807, 2.05) is 71.4 Å². The number of benzene rings is 3. The van der Waals surface area contributed by atoms with E-state index in [2.05, 4.69) is 41.7 Å². The van der Waals surface area contributed by atoms with Gasteiger partial charge in [-0.1, -0.05) is 91.0 Å². The summed E-state index contributed by atoms with van der Waals surface area (Å²) >= 11 is 0. The number of nitrogens with one attached hydrogen (secondary N) is 1. The fraction of sp³-hybridized carbons (Fsp3) is 0.262. The van der Waals surface area contributed by atoms with E-state index in [0.717, 1.165) is 48.1 Å². The zero-order valence-corrected chi connectivity index (χ0v) is 29.1. The fourth-order valence-electron chi connectivity index (χ4n) is 8.96. The third-order valence-electron chi connectivity index (χ3n) is 11.3. The van der Waals surface area contributed by atoms with Crippen LogP contribution in [0.3, 0.4) is 0 Å². The molecule has 10 nitrogen and oxygen atoms in total. The Morgan fingerprint density at radius 2 is 1.47 bits per heavy atom. The zero-order chi connectivity index (χ0) is 36.1. The molecule has 0 amide bonds. The van der Waals surface area contributed by atoms with Gasteiger partial charge in [0, 0.05) is 13.2 Å². The number of halogens is 1. The third-order valence-corrected chi connectivity index (χ3v) is 11.3. The number of ether oxygens (including phenoxy) is 1. The van der Waals surface area contributed by atoms with Crippen LogP contribution < -0.4 is 5.32 Å². The van der Waals surface area contributed by atoms with Gasteiger partial charge >= 0.3 is 5.97 Å². The highest BCUT2D eigenvalue weighted by atomic mass is 19.1. The van der Waals surface area contributed by atoms with E-state index in [-0.39, 0.29) is 30.3 Å². The predicted octanol–water partition coefficient (Wildman–Crippen LogP) is 7.57. The molecule has 3 aliphatic carbocycles. The van der Waals surface area contributed by atoms with E-state index in [1.54, 1.807) is 11.6 Å². The van der Waals surface area contributed by atoms with Gasteiger partial charge in [-0.15, -0.1) is 5.10 Å². The van der Waals surface area contributed by atoms with Crippen molar-refractivity contribution in [3.63, 3.8) is 0 Å². The monoisotopic (exact) mass is 707 g/mol. The lowest BCUT2D eigenvalue weighted by molar-refractivity contribution is -0.148. The summed E-state index contributed by atoms with van der Waals surface area (Å²) in [7, 11) is 1.62. The lowest BCUT2D eigenvalue weighted by Gasteiger charge is -2.47. The van der Waals surface area contributed by atoms with Crippen LogP contribution >= 0.6 is 0 Å². The van der Waals surface area contributed by atoms with Crippen molar-refractivity contribution in [1.82, 2.24) is 29.4 Å². The number of carboxylic acids is 1. The van der Waals surface area contributed by atoms with Gasteiger partial charge in [-0.3, -0.25) is 4.79 Å². The summed E-state index contributed by atoms with van der Waals surface area (Å²) in [6.45, 7) is 0.278. The molecule has 10 rings (SSSR count). The number of aromatic nitrogens is 6. The summed E-state index contributed by atoms with van der Waals surface area (Å²) in [5.41, 5.74) is 3.98. The van der Waals surface area contributed by atoms with E-state index in [4.69, 9.17) is 24.9 Å². The molecule has 266 valence electrons. The van der Waals surface area contributed by atoms with Gasteiger partial charge < -0.3 is 15.2 Å². The van der Waals surface area contributed by atoms with Gasteiger partial charge in [-0.05, 0) is 72.4 Å². The van der Waals surface area contributed by atoms with Crippen molar-refractivity contribution in [2.75, 3.05) is 12.4 Å². The maximum absolute atomic E-state index is 15.3. The summed E-state index contributed by atoms with van der Waals surface area (Å²) in [5, 5.41) is 24.8. The molecule has 3 aliphatic rings. The summed E-state index contributed by atoms with van der Waals surface area (Å²) < 4.78 is 24.5. The van der Waals surface area contributed by atoms with Crippen molar-refractivity contribution < 1.29 is 19.0 Å². The van der Waals surface area contributed by atoms with Crippen LogP contribution in [0.1, 0.15) is 48.1 Å². The van der Waals surface area contributed by atoms with Crippen LogP contribution in [-0.2, 0) is 21.7 Å². The van der Waals surface area contributed by atoms with Gasteiger partial charge in [0.25, 0.3) is 0 Å². The standard InChI is InChI=1S/C42H38FN7O3/c1-53-25-32-21-22-34-38(45-36-27-19-17-26(18-20-27)35(36)41(51)52)46-39(48-49(32)34)37-33-23-31(43)24-44-40(33)50(47-37)42(28-11-5-2-6-12-28,29-13-7-3-8-14-29)30-15-9-4-10-16-30/h2-16,21-24,26-27,35-36H,17-20,25H2,1H3,(H,51,52)(H,45,46,48)/t26?,27?,35-,36-/m0/s1. The molecule has 2 N–H and O–H groups in total. The van der Waals surface area contributed by atoms with Crippen LogP contribution in [0.4, 0.5) is 10.2 Å². The van der Waals surface area contributed by atoms with Crippen LogP contribution in [0, 0.1) is 23.6 Å². The van der Waals surface area contributed by atoms with Crippen molar-refractivity contribution >= 4 is 28.3 Å². The molecule has 0 unspecified atom stereocenters. The smallest absolute Gasteiger partial charge is 0.308 e. The Kier molecular flexibility index (Phi) is 8.22. The molecule has 2 atom stereocenters. The molecule has 0 radical (unpaired) electrons. The van der Waals surface area contributed by atoms with Gasteiger partial charge in [0.1, 0.15) is 22.6 Å². The molecule has 4 heterocycles. The quantitative estimate of drug-likeness (QED) is 0.140. The van der Waals surface area contributed by atoms with Crippen molar-refractivity contribution in [2.24, 2.45) is 17.8 Å². The predicted molar refractivity (Wildman–Crippen MR) is 199 cm³/mol. The molecular formula is C42H38FN7O3. The van der Waals surface area contributed by atoms with E-state index < -0.39 is 23.2 Å². The Hall–Kier alpha value is -5.94. The van der Waals surface area contributed by atoms with Crippen LogP contribution in [0.15, 0.2) is 115 Å². The van der Waals surface area contributed by atoms with E-state index in [0.29, 0.717) is 28.1 Å². The largest absolute Gasteiger partial charge is 0.481 e.